The summed E-state index contributed by atoms with van der Waals surface area (Å²) in [6.07, 6.45) is 2.76. The molecule has 3 aromatic carbocycles. The number of nitrogens with zero attached hydrogens (tertiary/aromatic N) is 1. The van der Waals surface area contributed by atoms with Gasteiger partial charge in [0.15, 0.2) is 0 Å². The van der Waals surface area contributed by atoms with Crippen molar-refractivity contribution in [2.75, 3.05) is 22.4 Å². The molecule has 0 atom stereocenters. The summed E-state index contributed by atoms with van der Waals surface area (Å²) in [4.78, 5) is 25.2. The number of hydrogen-bond donors (Lipinski definition) is 2. The van der Waals surface area contributed by atoms with Crippen LogP contribution in [0.1, 0.15) is 37.4 Å². The Hall–Kier alpha value is -3.91. The molecule has 35 heavy (non-hydrogen) atoms. The lowest BCUT2D eigenvalue weighted by Crippen LogP contribution is -2.30. The Morgan fingerprint density at radius 1 is 0.914 bits per heavy atom. The minimum atomic E-state index is -3.54. The van der Waals surface area contributed by atoms with Crippen molar-refractivity contribution in [1.29, 1.82) is 0 Å². The highest BCUT2D eigenvalue weighted by atomic mass is 32.2. The van der Waals surface area contributed by atoms with E-state index in [0.29, 0.717) is 29.0 Å². The molecule has 0 aliphatic carbocycles. The van der Waals surface area contributed by atoms with Gasteiger partial charge in [-0.15, -0.1) is 6.58 Å². The number of carbonyl (C=O) groups is 2. The maximum atomic E-state index is 12.8. The van der Waals surface area contributed by atoms with E-state index >= 15 is 0 Å². The van der Waals surface area contributed by atoms with E-state index < -0.39 is 10.0 Å². The molecule has 0 aliphatic rings. The summed E-state index contributed by atoms with van der Waals surface area (Å²) in [6, 6.07) is 19.1. The van der Waals surface area contributed by atoms with E-state index in [-0.39, 0.29) is 18.4 Å². The first-order valence-corrected chi connectivity index (χ1v) is 12.9. The molecule has 3 aromatic rings. The third-order valence-corrected chi connectivity index (χ3v) is 6.57. The number of aryl methyl sites for hydroxylation is 2. The molecule has 2 N–H and O–H groups in total. The predicted molar refractivity (Wildman–Crippen MR) is 140 cm³/mol. The van der Waals surface area contributed by atoms with Crippen LogP contribution in [0.3, 0.4) is 0 Å². The standard InChI is InChI=1S/C27H29N3O4S/c1-5-17-28-27(32)23-11-6-7-12-24(23)29-26(31)22-15-13-21(14-16-22)18-30(35(4,33)34)25-19(2)9-8-10-20(25)3/h5-16H,1,17-18H2,2-4H3,(H,28,32)(H,29,31). The van der Waals surface area contributed by atoms with Crippen LogP contribution in [-0.2, 0) is 16.6 Å². The van der Waals surface area contributed by atoms with Crippen molar-refractivity contribution >= 4 is 33.2 Å². The summed E-state index contributed by atoms with van der Waals surface area (Å²) >= 11 is 0. The van der Waals surface area contributed by atoms with Gasteiger partial charge in [0.1, 0.15) is 0 Å². The molecule has 0 bridgehead atoms. The normalized spacial score (nSPS) is 10.9. The van der Waals surface area contributed by atoms with Gasteiger partial charge in [0.25, 0.3) is 11.8 Å². The Labute approximate surface area is 206 Å². The molecule has 0 spiro atoms. The van der Waals surface area contributed by atoms with Gasteiger partial charge in [-0.05, 0) is 54.8 Å². The van der Waals surface area contributed by atoms with E-state index in [1.54, 1.807) is 54.6 Å². The number of carbonyl (C=O) groups excluding carboxylic acids is 2. The second-order valence-electron chi connectivity index (χ2n) is 8.21. The summed E-state index contributed by atoms with van der Waals surface area (Å²) in [5, 5.41) is 5.48. The SMILES string of the molecule is C=CCNC(=O)c1ccccc1NC(=O)c1ccc(CN(c2c(C)cccc2C)S(C)(=O)=O)cc1. The maximum absolute atomic E-state index is 12.8. The van der Waals surface area contributed by atoms with Crippen molar-refractivity contribution in [2.45, 2.75) is 20.4 Å². The predicted octanol–water partition coefficient (Wildman–Crippen LogP) is 4.44. The van der Waals surface area contributed by atoms with Gasteiger partial charge in [0.05, 0.1) is 29.7 Å². The summed E-state index contributed by atoms with van der Waals surface area (Å²) in [5.41, 5.74) is 4.23. The first kappa shape index (κ1) is 25.7. The highest BCUT2D eigenvalue weighted by molar-refractivity contribution is 7.92. The van der Waals surface area contributed by atoms with Gasteiger partial charge in [0.2, 0.25) is 10.0 Å². The third-order valence-electron chi connectivity index (χ3n) is 5.46. The van der Waals surface area contributed by atoms with E-state index in [0.717, 1.165) is 16.7 Å². The van der Waals surface area contributed by atoms with Gasteiger partial charge in [-0.1, -0.05) is 48.5 Å². The van der Waals surface area contributed by atoms with Crippen molar-refractivity contribution in [1.82, 2.24) is 5.32 Å². The van der Waals surface area contributed by atoms with Crippen LogP contribution in [0.25, 0.3) is 0 Å². The largest absolute Gasteiger partial charge is 0.349 e. The first-order valence-electron chi connectivity index (χ1n) is 11.0. The van der Waals surface area contributed by atoms with Gasteiger partial charge in [0, 0.05) is 12.1 Å². The summed E-state index contributed by atoms with van der Waals surface area (Å²) in [6.45, 7) is 7.79. The minimum Gasteiger partial charge on any atom is -0.349 e. The minimum absolute atomic E-state index is 0.138. The second kappa shape index (κ2) is 11.0. The molecule has 0 radical (unpaired) electrons. The Bertz CT molecular complexity index is 1330. The van der Waals surface area contributed by atoms with E-state index in [4.69, 9.17) is 0 Å². The van der Waals surface area contributed by atoms with Crippen molar-refractivity contribution < 1.29 is 18.0 Å². The Kier molecular flexibility index (Phi) is 8.09. The molecule has 0 aromatic heterocycles. The van der Waals surface area contributed by atoms with Crippen LogP contribution in [-0.4, -0.2) is 33.0 Å². The number of anilines is 2. The zero-order valence-corrected chi connectivity index (χ0v) is 20.9. The molecular formula is C27H29N3O4S. The fraction of sp³-hybridized carbons (Fsp3) is 0.185. The fourth-order valence-corrected chi connectivity index (χ4v) is 4.74. The lowest BCUT2D eigenvalue weighted by Gasteiger charge is -2.26. The topological polar surface area (TPSA) is 95.6 Å². The average Bonchev–Trinajstić information content (AvgIpc) is 2.82. The van der Waals surface area contributed by atoms with Gasteiger partial charge in [-0.2, -0.15) is 0 Å². The summed E-state index contributed by atoms with van der Waals surface area (Å²) in [7, 11) is -3.54. The number of benzene rings is 3. The Morgan fingerprint density at radius 2 is 1.54 bits per heavy atom. The number of hydrogen-bond acceptors (Lipinski definition) is 4. The number of rotatable bonds is 9. The number of amides is 2. The molecule has 0 aliphatic heterocycles. The lowest BCUT2D eigenvalue weighted by atomic mass is 10.1. The molecule has 0 heterocycles. The van der Waals surface area contributed by atoms with Crippen LogP contribution in [0.5, 0.6) is 0 Å². The number of sulfonamides is 1. The van der Waals surface area contributed by atoms with Crippen molar-refractivity contribution in [3.63, 3.8) is 0 Å². The fourth-order valence-electron chi connectivity index (χ4n) is 3.73. The molecule has 3 rings (SSSR count). The molecule has 7 nitrogen and oxygen atoms in total. The van der Waals surface area contributed by atoms with Crippen molar-refractivity contribution in [3.8, 4) is 0 Å². The average molecular weight is 492 g/mol. The van der Waals surface area contributed by atoms with Crippen LogP contribution < -0.4 is 14.9 Å². The molecule has 182 valence electrons. The Balaban J connectivity index is 1.80. The summed E-state index contributed by atoms with van der Waals surface area (Å²) < 4.78 is 26.6. The zero-order valence-electron chi connectivity index (χ0n) is 20.0. The van der Waals surface area contributed by atoms with Gasteiger partial charge >= 0.3 is 0 Å². The van der Waals surface area contributed by atoms with Gasteiger partial charge in [-0.3, -0.25) is 13.9 Å². The van der Waals surface area contributed by atoms with Crippen molar-refractivity contribution in [2.24, 2.45) is 0 Å². The van der Waals surface area contributed by atoms with Crippen LogP contribution in [0, 0.1) is 13.8 Å². The molecule has 0 saturated heterocycles. The number of para-hydroxylation sites is 2. The van der Waals surface area contributed by atoms with E-state index in [1.165, 1.54) is 10.6 Å². The van der Waals surface area contributed by atoms with Gasteiger partial charge < -0.3 is 10.6 Å². The molecule has 0 unspecified atom stereocenters. The first-order chi connectivity index (χ1) is 16.6. The third kappa shape index (κ3) is 6.36. The molecule has 0 fully saturated rings. The quantitative estimate of drug-likeness (QED) is 0.433. The van der Waals surface area contributed by atoms with Crippen LogP contribution in [0.2, 0.25) is 0 Å². The summed E-state index contributed by atoms with van der Waals surface area (Å²) in [5.74, 6) is -0.696. The van der Waals surface area contributed by atoms with E-state index in [1.807, 2.05) is 32.0 Å². The highest BCUT2D eigenvalue weighted by Crippen LogP contribution is 2.28. The van der Waals surface area contributed by atoms with E-state index in [9.17, 15) is 18.0 Å². The van der Waals surface area contributed by atoms with E-state index in [2.05, 4.69) is 17.2 Å². The monoisotopic (exact) mass is 491 g/mol. The molecule has 8 heteroatoms. The van der Waals surface area contributed by atoms with Crippen LogP contribution >= 0.6 is 0 Å². The highest BCUT2D eigenvalue weighted by Gasteiger charge is 2.21. The maximum Gasteiger partial charge on any atom is 0.255 e. The molecule has 0 saturated carbocycles. The second-order valence-corrected chi connectivity index (χ2v) is 10.1. The zero-order chi connectivity index (χ0) is 25.6. The molecular weight excluding hydrogens is 462 g/mol. The molecule has 2 amide bonds. The van der Waals surface area contributed by atoms with Crippen LogP contribution in [0.15, 0.2) is 79.4 Å². The van der Waals surface area contributed by atoms with Crippen LogP contribution in [0.4, 0.5) is 11.4 Å². The number of nitrogens with one attached hydrogen (secondary N) is 2. The smallest absolute Gasteiger partial charge is 0.255 e. The lowest BCUT2D eigenvalue weighted by molar-refractivity contribution is 0.0959. The Morgan fingerprint density at radius 3 is 2.14 bits per heavy atom. The van der Waals surface area contributed by atoms with Crippen molar-refractivity contribution in [3.05, 3.63) is 107 Å². The van der Waals surface area contributed by atoms with Gasteiger partial charge in [-0.25, -0.2) is 8.42 Å².